The minimum atomic E-state index is -0.581. The number of rotatable bonds is 4. The maximum Gasteiger partial charge on any atom is 0.227 e. The SMILES string of the molecule is CN1C(=O)CCc2cccc(-c3cncc(COc4cccc(F)n4)c3)c21. The van der Waals surface area contributed by atoms with E-state index in [0.717, 1.165) is 34.4 Å². The smallest absolute Gasteiger partial charge is 0.227 e. The second-order valence-electron chi connectivity index (χ2n) is 6.44. The molecule has 3 aromatic rings. The van der Waals surface area contributed by atoms with Gasteiger partial charge in [-0.05, 0) is 24.1 Å². The van der Waals surface area contributed by atoms with E-state index in [9.17, 15) is 9.18 Å². The Morgan fingerprint density at radius 1 is 1.15 bits per heavy atom. The molecule has 0 atom stereocenters. The van der Waals surface area contributed by atoms with Gasteiger partial charge in [-0.2, -0.15) is 9.37 Å². The summed E-state index contributed by atoms with van der Waals surface area (Å²) in [5.74, 6) is -0.245. The Hall–Kier alpha value is -3.28. The van der Waals surface area contributed by atoms with Crippen LogP contribution in [0.4, 0.5) is 10.1 Å². The number of hydrogen-bond acceptors (Lipinski definition) is 4. The van der Waals surface area contributed by atoms with E-state index in [-0.39, 0.29) is 18.4 Å². The first kappa shape index (κ1) is 17.1. The number of amides is 1. The molecule has 1 aliphatic rings. The number of benzene rings is 1. The topological polar surface area (TPSA) is 55.3 Å². The molecular weight excluding hydrogens is 345 g/mol. The van der Waals surface area contributed by atoms with Crippen LogP contribution in [0.1, 0.15) is 17.5 Å². The first-order valence-corrected chi connectivity index (χ1v) is 8.70. The van der Waals surface area contributed by atoms with Gasteiger partial charge in [-0.3, -0.25) is 9.78 Å². The number of anilines is 1. The monoisotopic (exact) mass is 363 g/mol. The van der Waals surface area contributed by atoms with Crippen molar-refractivity contribution >= 4 is 11.6 Å². The average Bonchev–Trinajstić information content (AvgIpc) is 2.69. The molecule has 0 saturated carbocycles. The van der Waals surface area contributed by atoms with Gasteiger partial charge >= 0.3 is 0 Å². The highest BCUT2D eigenvalue weighted by atomic mass is 19.1. The largest absolute Gasteiger partial charge is 0.473 e. The Balaban J connectivity index is 1.63. The number of para-hydroxylation sites is 1. The normalized spacial score (nSPS) is 13.4. The molecule has 5 nitrogen and oxygen atoms in total. The number of halogens is 1. The van der Waals surface area contributed by atoms with Gasteiger partial charge < -0.3 is 9.64 Å². The van der Waals surface area contributed by atoms with Crippen LogP contribution in [-0.2, 0) is 17.8 Å². The van der Waals surface area contributed by atoms with Crippen LogP contribution in [0.15, 0.2) is 54.9 Å². The quantitative estimate of drug-likeness (QED) is 0.662. The summed E-state index contributed by atoms with van der Waals surface area (Å²) >= 11 is 0. The van der Waals surface area contributed by atoms with E-state index in [1.165, 1.54) is 6.07 Å². The highest BCUT2D eigenvalue weighted by Gasteiger charge is 2.24. The van der Waals surface area contributed by atoms with Gasteiger partial charge in [-0.15, -0.1) is 0 Å². The molecule has 0 N–H and O–H groups in total. The fourth-order valence-electron chi connectivity index (χ4n) is 3.30. The number of aromatic nitrogens is 2. The average molecular weight is 363 g/mol. The molecule has 136 valence electrons. The summed E-state index contributed by atoms with van der Waals surface area (Å²) in [6.45, 7) is 0.223. The van der Waals surface area contributed by atoms with Crippen LogP contribution in [0.3, 0.4) is 0 Å². The summed E-state index contributed by atoms with van der Waals surface area (Å²) in [6, 6.07) is 12.4. The molecule has 0 fully saturated rings. The molecule has 6 heteroatoms. The molecule has 0 bridgehead atoms. The number of fused-ring (bicyclic) bond motifs is 1. The van der Waals surface area contributed by atoms with Crippen molar-refractivity contribution in [2.75, 3.05) is 11.9 Å². The number of carbonyl (C=O) groups excluding carboxylic acids is 1. The van der Waals surface area contributed by atoms with Crippen molar-refractivity contribution in [1.82, 2.24) is 9.97 Å². The molecular formula is C21H18FN3O2. The summed E-state index contributed by atoms with van der Waals surface area (Å²) < 4.78 is 18.7. The molecule has 27 heavy (non-hydrogen) atoms. The number of pyridine rings is 2. The van der Waals surface area contributed by atoms with Gasteiger partial charge in [-0.1, -0.05) is 24.3 Å². The predicted molar refractivity (Wildman–Crippen MR) is 99.9 cm³/mol. The fourth-order valence-corrected chi connectivity index (χ4v) is 3.30. The lowest BCUT2D eigenvalue weighted by atomic mass is 9.94. The summed E-state index contributed by atoms with van der Waals surface area (Å²) in [7, 11) is 1.81. The molecule has 1 amide bonds. The molecule has 1 aromatic carbocycles. The Morgan fingerprint density at radius 2 is 2.00 bits per heavy atom. The van der Waals surface area contributed by atoms with Crippen LogP contribution in [-0.4, -0.2) is 22.9 Å². The van der Waals surface area contributed by atoms with Crippen molar-refractivity contribution in [2.24, 2.45) is 0 Å². The fraction of sp³-hybridized carbons (Fsp3) is 0.190. The zero-order valence-corrected chi connectivity index (χ0v) is 14.9. The number of hydrogen-bond donors (Lipinski definition) is 0. The second-order valence-corrected chi connectivity index (χ2v) is 6.44. The lowest BCUT2D eigenvalue weighted by Crippen LogP contribution is -2.31. The van der Waals surface area contributed by atoms with Crippen molar-refractivity contribution in [2.45, 2.75) is 19.4 Å². The Labute approximate surface area is 156 Å². The molecule has 4 rings (SSSR count). The van der Waals surface area contributed by atoms with E-state index in [1.807, 2.05) is 18.2 Å². The van der Waals surface area contributed by atoms with E-state index >= 15 is 0 Å². The zero-order chi connectivity index (χ0) is 18.8. The molecule has 0 unspecified atom stereocenters. The maximum absolute atomic E-state index is 13.2. The van der Waals surface area contributed by atoms with Crippen LogP contribution in [0.5, 0.6) is 5.88 Å². The lowest BCUT2D eigenvalue weighted by Gasteiger charge is -2.28. The van der Waals surface area contributed by atoms with Crippen LogP contribution < -0.4 is 9.64 Å². The van der Waals surface area contributed by atoms with Gasteiger partial charge in [0.25, 0.3) is 0 Å². The summed E-state index contributed by atoms with van der Waals surface area (Å²) in [6.07, 6.45) is 4.74. The van der Waals surface area contributed by atoms with Crippen molar-refractivity contribution in [1.29, 1.82) is 0 Å². The molecule has 0 spiro atoms. The first-order valence-electron chi connectivity index (χ1n) is 8.70. The highest BCUT2D eigenvalue weighted by molar-refractivity contribution is 6.00. The zero-order valence-electron chi connectivity index (χ0n) is 14.9. The third kappa shape index (κ3) is 3.51. The molecule has 1 aliphatic heterocycles. The predicted octanol–water partition coefficient (Wildman–Crippen LogP) is 3.77. The van der Waals surface area contributed by atoms with Crippen molar-refractivity contribution < 1.29 is 13.9 Å². The van der Waals surface area contributed by atoms with E-state index in [1.54, 1.807) is 36.5 Å². The number of aryl methyl sites for hydroxylation is 1. The first-order chi connectivity index (χ1) is 13.1. The standard InChI is InChI=1S/C21H18FN3O2/c1-25-20(26)9-8-15-4-2-5-17(21(15)25)16-10-14(11-23-12-16)13-27-19-7-3-6-18(22)24-19/h2-7,10-12H,8-9,13H2,1H3. The Kier molecular flexibility index (Phi) is 4.54. The number of nitrogens with zero attached hydrogens (tertiary/aromatic N) is 3. The van der Waals surface area contributed by atoms with Crippen molar-refractivity contribution in [3.63, 3.8) is 0 Å². The number of carbonyl (C=O) groups is 1. The molecule has 3 heterocycles. The van der Waals surface area contributed by atoms with E-state index < -0.39 is 5.95 Å². The Bertz CT molecular complexity index is 1010. The third-order valence-electron chi connectivity index (χ3n) is 4.62. The lowest BCUT2D eigenvalue weighted by molar-refractivity contribution is -0.118. The van der Waals surface area contributed by atoms with E-state index in [4.69, 9.17) is 4.74 Å². The van der Waals surface area contributed by atoms with Gasteiger partial charge in [0.05, 0.1) is 5.69 Å². The van der Waals surface area contributed by atoms with Crippen LogP contribution in [0.2, 0.25) is 0 Å². The molecule has 0 radical (unpaired) electrons. The number of ether oxygens (including phenoxy) is 1. The van der Waals surface area contributed by atoms with Crippen LogP contribution >= 0.6 is 0 Å². The molecule has 0 saturated heterocycles. The van der Waals surface area contributed by atoms with Gasteiger partial charge in [-0.25, -0.2) is 0 Å². The van der Waals surface area contributed by atoms with Crippen LogP contribution in [0, 0.1) is 5.95 Å². The van der Waals surface area contributed by atoms with Gasteiger partial charge in [0.1, 0.15) is 6.61 Å². The van der Waals surface area contributed by atoms with Gasteiger partial charge in [0.2, 0.25) is 17.7 Å². The minimum absolute atomic E-state index is 0.111. The van der Waals surface area contributed by atoms with Crippen molar-refractivity contribution in [3.05, 3.63) is 71.9 Å². The van der Waals surface area contributed by atoms with Crippen molar-refractivity contribution in [3.8, 4) is 17.0 Å². The highest BCUT2D eigenvalue weighted by Crippen LogP contribution is 2.37. The van der Waals surface area contributed by atoms with Gasteiger partial charge in [0, 0.05) is 48.6 Å². The summed E-state index contributed by atoms with van der Waals surface area (Å²) in [4.78, 5) is 21.9. The third-order valence-corrected chi connectivity index (χ3v) is 4.62. The maximum atomic E-state index is 13.2. The second kappa shape index (κ2) is 7.15. The summed E-state index contributed by atoms with van der Waals surface area (Å²) in [5.41, 5.74) is 4.78. The van der Waals surface area contributed by atoms with Gasteiger partial charge in [0.15, 0.2) is 0 Å². The van der Waals surface area contributed by atoms with E-state index in [0.29, 0.717) is 6.42 Å². The summed E-state index contributed by atoms with van der Waals surface area (Å²) in [5, 5.41) is 0. The molecule has 0 aliphatic carbocycles. The minimum Gasteiger partial charge on any atom is -0.473 e. The Morgan fingerprint density at radius 3 is 2.85 bits per heavy atom. The molecule has 2 aromatic heterocycles. The van der Waals surface area contributed by atoms with Crippen LogP contribution in [0.25, 0.3) is 11.1 Å². The van der Waals surface area contributed by atoms with E-state index in [2.05, 4.69) is 16.0 Å².